The van der Waals surface area contributed by atoms with Crippen molar-refractivity contribution in [2.24, 2.45) is 52.9 Å². The first-order valence-electron chi connectivity index (χ1n) is 41.9. The van der Waals surface area contributed by atoms with Crippen LogP contribution in [0.25, 0.3) is 0 Å². The second-order valence-electron chi connectivity index (χ2n) is 33.1. The molecular formula is C81H112ClF9N21O26+. The maximum atomic E-state index is 14.4. The van der Waals surface area contributed by atoms with Gasteiger partial charge in [0.1, 0.15) is 142 Å². The number of aliphatic hydroxyl groups excluding tert-OH is 16. The quantitative estimate of drug-likeness (QED) is 0.0309. The van der Waals surface area contributed by atoms with E-state index in [0.29, 0.717) is 24.5 Å². The van der Waals surface area contributed by atoms with Gasteiger partial charge in [0.25, 0.3) is 17.6 Å². The predicted octanol–water partition coefficient (Wildman–Crippen LogP) is -6.58. The number of aliphatic imine (C=N–C) groups is 6. The first-order chi connectivity index (χ1) is 64.9. The topological polar surface area (TPSA) is 705 Å². The number of amidine groups is 5. The lowest BCUT2D eigenvalue weighted by atomic mass is 9.92. The molecule has 27 atom stereocenters. The molecule has 1 aromatic heterocycles. The number of H-pyrrole nitrogens is 1. The minimum absolute atomic E-state index is 0.0216. The summed E-state index contributed by atoms with van der Waals surface area (Å²) in [6, 6.07) is 1.95. The molecule has 138 heavy (non-hydrogen) atoms. The number of hydrogen-bond acceptors (Lipinski definition) is 43. The number of hydrogen-bond donors (Lipinski definition) is 23. The van der Waals surface area contributed by atoms with Gasteiger partial charge in [0, 0.05) is 44.0 Å². The summed E-state index contributed by atoms with van der Waals surface area (Å²) in [4.78, 5) is 67.3. The molecule has 0 aliphatic carbocycles. The van der Waals surface area contributed by atoms with E-state index in [4.69, 9.17) is 78.1 Å². The molecule has 14 aliphatic rings. The number of aliphatic hydroxyl groups is 16. The number of nitrogens with one attached hydrogen (secondary N) is 3. The summed E-state index contributed by atoms with van der Waals surface area (Å²) in [6.07, 6.45) is -15.9. The molecule has 0 aromatic carbocycles. The highest BCUT2D eigenvalue weighted by Crippen LogP contribution is 2.48. The van der Waals surface area contributed by atoms with E-state index in [0.717, 1.165) is 4.90 Å². The van der Waals surface area contributed by atoms with E-state index in [1.807, 2.05) is 6.92 Å². The number of amides is 2. The van der Waals surface area contributed by atoms with Crippen LogP contribution in [0.1, 0.15) is 52.1 Å². The third-order valence-corrected chi connectivity index (χ3v) is 24.7. The van der Waals surface area contributed by atoms with Crippen molar-refractivity contribution >= 4 is 58.9 Å². The lowest BCUT2D eigenvalue weighted by molar-refractivity contribution is -0.773. The smallest absolute Gasteiger partial charge is 0.335 e. The predicted molar refractivity (Wildman–Crippen MR) is 463 cm³/mol. The molecule has 14 aliphatic heterocycles. The van der Waals surface area contributed by atoms with Crippen LogP contribution in [0.3, 0.4) is 0 Å². The third kappa shape index (κ3) is 21.5. The maximum Gasteiger partial charge on any atom is 0.335 e. The maximum absolute atomic E-state index is 14.4. The normalized spacial score (nSPS) is 37.0. The number of rotatable bonds is 21. The van der Waals surface area contributed by atoms with Gasteiger partial charge in [-0.15, -0.1) is 11.6 Å². The van der Waals surface area contributed by atoms with E-state index in [1.165, 1.54) is 109 Å². The Balaban J connectivity index is 0.000000180. The summed E-state index contributed by atoms with van der Waals surface area (Å²) in [5.41, 5.74) is 9.45. The van der Waals surface area contributed by atoms with E-state index in [1.54, 1.807) is 26.8 Å². The van der Waals surface area contributed by atoms with E-state index < -0.39 is 247 Å². The molecule has 27 N–H and O–H groups in total. The fourth-order valence-corrected chi connectivity index (χ4v) is 16.2. The van der Waals surface area contributed by atoms with Crippen molar-refractivity contribution in [3.63, 3.8) is 0 Å². The molecular weight excluding hydrogens is 1890 g/mol. The van der Waals surface area contributed by atoms with Gasteiger partial charge in [0.2, 0.25) is 18.1 Å². The number of nitrogens with two attached hydrogens (primary N) is 4. The molecule has 0 saturated carbocycles. The number of aryl methyl sites for hydroxylation is 1. The number of nitrogens with zero attached hydrogens (tertiary/aromatic N) is 14. The standard InChI is InChI=1S/C13H20FN3O3.C12H17F2N3O3.C12H14FN5O4.C11H14ClFN2O4.C11H15F2N3O3.C11H16FN3O4.C11H15FN2O5/c1-3-5-13(7-18)11(19)10(14)12(20-13)17-6-4-9(15)16-8(17)2;1-3-11(6-18)9(19)12(13,14)10(20-11)17-5-4-8(15)16-7(17)2;1-5-16-9-7(10(21)17-5)15-4-18(9)11-6(13)8(20)12(2-14,3-19)22-11;1-6-14-7(17)2-3-15(6)10-8(13)9(18)11(4-12,5-16)19-10;1-6-15-7(14)2-3-16(6)10-8(13)9(18)11(4-12,5-17)19-10;1-6-14-7(13)2-3-15(6)10-8(12)9(18)11(4-16,5-17)19-10;1-6-13-7(17)2-3-14(6)10-8(12)9(18)11(4-15,5-16)19-10/h4,6,10-12,18-19H,2-3,5,7H2,1H3,(H2,15,16);4-5,9-10,18-19H,2-3,6H2,1H3,(H2,15,16);4,6-9,11,19-20H,3H2,1H3,(H,16,17,21);2-3,8-10,16,18H,1,4-5H2,(H,14,17);2-3,8-10,17-18H,1,4-5H2,(H2,14,15);2-3,8-10,16-18H,1,4-5H2,(H2,13,14);2-3,8-10,15-16,18H,4-5H2,1H3/p+1/t10-,11+,12-,13-;9-,10-,11-;6-,7?,8+,9?,11-,12-;2*8-,9+,10-,11-;2*8-,9+,10-/m1111111/s1. The van der Waals surface area contributed by atoms with Crippen LogP contribution >= 0.6 is 11.6 Å². The molecule has 0 bridgehead atoms. The van der Waals surface area contributed by atoms with Crippen molar-refractivity contribution in [2.45, 2.75) is 228 Å². The zero-order chi connectivity index (χ0) is 103. The third-order valence-electron chi connectivity index (χ3n) is 24.2. The summed E-state index contributed by atoms with van der Waals surface area (Å²) in [5.74, 6) is -2.55. The first-order valence-corrected chi connectivity index (χ1v) is 42.5. The molecule has 2 unspecified atom stereocenters. The highest BCUT2D eigenvalue weighted by molar-refractivity contribution is 6.18. The van der Waals surface area contributed by atoms with E-state index >= 15 is 0 Å². The van der Waals surface area contributed by atoms with Gasteiger partial charge in [-0.2, -0.15) is 14.0 Å². The fourth-order valence-electron chi connectivity index (χ4n) is 15.9. The Bertz CT molecular complexity index is 4960. The van der Waals surface area contributed by atoms with Crippen LogP contribution in [0.5, 0.6) is 0 Å². The van der Waals surface area contributed by atoms with Crippen molar-refractivity contribution in [3.8, 4) is 6.07 Å². The number of fused-ring (bicyclic) bond motifs is 1. The second-order valence-corrected chi connectivity index (χ2v) is 33.3. The summed E-state index contributed by atoms with van der Waals surface area (Å²) >= 11 is 5.65. The number of carbonyl (C=O) groups is 2. The molecule has 15 rings (SSSR count). The second kappa shape index (κ2) is 44.9. The average molecular weight is 2000 g/mol. The minimum atomic E-state index is -3.59. The monoisotopic (exact) mass is 2000 g/mol. The Labute approximate surface area is 785 Å². The molecule has 0 radical (unpaired) electrons. The Hall–Kier alpha value is -10.5. The molecule has 57 heteroatoms. The number of aromatic nitrogens is 2. The zero-order valence-electron chi connectivity index (χ0n) is 74.2. The largest absolute Gasteiger partial charge is 0.393 e. The SMILES string of the molecule is C=C1N=C(N)C=CN1[C@@H]1OC(CO)(CO)[C@@H](O)[C@H]1F.C=C1N=C(N)C=CN1[C@@H]1O[C@@](CO)(CCC)[C@@H](O)[C@H]1F.C=C1N=C(N)C=CN1[C@@H]1O[C@@](CO)(CF)[C@@H](O)[C@H]1F.C=C1N=C(N)C=CN1[C@@H]1O[C@](CC)(CO)[C@@H](O)C1(F)F.C=C1NC(=O)C=CN1[C@@H]1O[C@@](CO)(CCl)[C@@H](O)[C@H]1F.CC1=NC2C(N=CN2[C@@H]2O[C@](C#N)(CO)[C@@H](O)[C@H]2F)C(=O)N1.Cc1[nH]c(=O)cc[n+]1[C@@H]1OC(CO)(CO)[C@@H](O)[C@H]1F. The Morgan fingerprint density at radius 2 is 0.913 bits per heavy atom. The Morgan fingerprint density at radius 3 is 1.28 bits per heavy atom. The number of ether oxygens (including phenoxy) is 7. The molecule has 7 fully saturated rings. The van der Waals surface area contributed by atoms with Gasteiger partial charge < -0.3 is 178 Å². The summed E-state index contributed by atoms with van der Waals surface area (Å²) in [6.45, 7) is 17.0. The Morgan fingerprint density at radius 1 is 0.514 bits per heavy atom. The van der Waals surface area contributed by atoms with Crippen molar-refractivity contribution in [2.75, 3.05) is 72.0 Å². The molecule has 1 aromatic rings. The molecule has 7 saturated heterocycles. The number of alkyl halides is 10. The van der Waals surface area contributed by atoms with Crippen LogP contribution in [-0.2, 0) is 42.7 Å². The van der Waals surface area contributed by atoms with Crippen molar-refractivity contribution in [1.82, 2.24) is 45.0 Å². The number of halogens is 10. The van der Waals surface area contributed by atoms with Gasteiger partial charge in [0.05, 0.1) is 77.7 Å². The molecule has 47 nitrogen and oxygen atoms in total. The lowest BCUT2D eigenvalue weighted by Crippen LogP contribution is -2.54. The van der Waals surface area contributed by atoms with Crippen LogP contribution < -0.4 is 43.7 Å². The van der Waals surface area contributed by atoms with E-state index in [9.17, 15) is 130 Å². The highest BCUT2D eigenvalue weighted by atomic mass is 35.5. The van der Waals surface area contributed by atoms with Gasteiger partial charge in [-0.1, -0.05) is 53.2 Å². The van der Waals surface area contributed by atoms with Gasteiger partial charge >= 0.3 is 11.5 Å². The summed E-state index contributed by atoms with van der Waals surface area (Å²) < 4.78 is 165. The first kappa shape index (κ1) is 111. The van der Waals surface area contributed by atoms with Gasteiger partial charge in [-0.05, 0) is 44.1 Å². The highest BCUT2D eigenvalue weighted by Gasteiger charge is 2.68. The van der Waals surface area contributed by atoms with E-state index in [2.05, 4.69) is 78.5 Å². The molecule has 766 valence electrons. The van der Waals surface area contributed by atoms with Gasteiger partial charge in [-0.3, -0.25) is 14.6 Å². The minimum Gasteiger partial charge on any atom is -0.393 e. The van der Waals surface area contributed by atoms with Crippen molar-refractivity contribution in [3.05, 3.63) is 152 Å². The molecule has 0 spiro atoms. The van der Waals surface area contributed by atoms with Gasteiger partial charge in [0.15, 0.2) is 92.1 Å². The number of carbonyl (C=O) groups excluding carboxylic acids is 2. The van der Waals surface area contributed by atoms with Crippen LogP contribution in [0, 0.1) is 18.3 Å². The lowest BCUT2D eigenvalue weighted by Gasteiger charge is -2.33. The number of aromatic amines is 1. The number of nitriles is 1. The molecule has 2 amide bonds. The van der Waals surface area contributed by atoms with Crippen LogP contribution in [0.2, 0.25) is 0 Å². The van der Waals surface area contributed by atoms with E-state index in [-0.39, 0.29) is 82.1 Å². The van der Waals surface area contributed by atoms with Gasteiger partial charge in [-0.25, -0.2) is 70.0 Å². The van der Waals surface area contributed by atoms with Crippen molar-refractivity contribution in [1.29, 1.82) is 5.26 Å². The van der Waals surface area contributed by atoms with Crippen LogP contribution in [0.4, 0.5) is 39.5 Å². The summed E-state index contributed by atoms with van der Waals surface area (Å²) in [7, 11) is 0. The zero-order valence-corrected chi connectivity index (χ0v) is 75.0. The summed E-state index contributed by atoms with van der Waals surface area (Å²) in [5, 5.41) is 166. The van der Waals surface area contributed by atoms with Crippen molar-refractivity contribution < 1.29 is 169 Å². The Kier molecular flexibility index (Phi) is 36.2. The van der Waals surface area contributed by atoms with Crippen LogP contribution in [-0.4, -0.2) is 410 Å². The fraction of sp³-hybridized carbons (Fsp3) is 0.593. The van der Waals surface area contributed by atoms with Crippen LogP contribution in [0.15, 0.2) is 170 Å². The molecule has 15 heterocycles. The average Bonchev–Trinajstić information content (AvgIpc) is 1.55.